The highest BCUT2D eigenvalue weighted by molar-refractivity contribution is 7.19. The molecule has 0 aromatic carbocycles. The maximum atomic E-state index is 3.23. The lowest BCUT2D eigenvalue weighted by Crippen LogP contribution is -2.29. The third kappa shape index (κ3) is 8.44. The van der Waals surface area contributed by atoms with Gasteiger partial charge >= 0.3 is 0 Å². The molecule has 0 saturated carbocycles. The average Bonchev–Trinajstić information content (AvgIpc) is 2.30. The molecule has 0 saturated heterocycles. The first-order chi connectivity index (χ1) is 7.60. The van der Waals surface area contributed by atoms with Crippen LogP contribution in [0.25, 0.3) is 0 Å². The van der Waals surface area contributed by atoms with Crippen molar-refractivity contribution in [3.05, 3.63) is 0 Å². The minimum atomic E-state index is 0. The van der Waals surface area contributed by atoms with Gasteiger partial charge in [-0.05, 0) is 30.3 Å². The van der Waals surface area contributed by atoms with Gasteiger partial charge in [0.1, 0.15) is 0 Å². The molecule has 2 heteroatoms. The summed E-state index contributed by atoms with van der Waals surface area (Å²) in [4.78, 5) is 0. The van der Waals surface area contributed by atoms with E-state index in [-0.39, 0.29) is 12.4 Å². The monoisotopic (exact) mass is 280 g/mol. The zero-order valence-electron chi connectivity index (χ0n) is 12.4. The number of unbranched alkanes of at least 4 members (excludes halogenated alkanes) is 3. The van der Waals surface area contributed by atoms with Crippen LogP contribution in [0, 0.1) is 5.92 Å². The van der Waals surface area contributed by atoms with E-state index in [9.17, 15) is 0 Å². The fraction of sp³-hybridized carbons (Fsp3) is 1.00. The summed E-state index contributed by atoms with van der Waals surface area (Å²) in [5, 5.41) is 0.529. The second-order valence-electron chi connectivity index (χ2n) is 5.48. The molecule has 0 rings (SSSR count). The number of hydrogen-bond acceptors (Lipinski definition) is 0. The van der Waals surface area contributed by atoms with Gasteiger partial charge in [0.25, 0.3) is 0 Å². The number of hydrogen-bond donors (Lipinski definition) is 0. The molecule has 0 fully saturated rings. The summed E-state index contributed by atoms with van der Waals surface area (Å²) < 4.78 is 0. The molecule has 0 aliphatic carbocycles. The van der Waals surface area contributed by atoms with Crippen molar-refractivity contribution in [3.8, 4) is 0 Å². The van der Waals surface area contributed by atoms with Crippen LogP contribution >= 0.6 is 21.6 Å². The van der Waals surface area contributed by atoms with E-state index in [1.807, 2.05) is 0 Å². The minimum Gasteiger partial charge on any atom is -0.147 e. The summed E-state index contributed by atoms with van der Waals surface area (Å²) in [6.07, 6.45) is 12.4. The number of halogens is 1. The summed E-state index contributed by atoms with van der Waals surface area (Å²) in [5.41, 5.74) is 0. The lowest BCUT2D eigenvalue weighted by Gasteiger charge is -2.36. The van der Waals surface area contributed by atoms with Crippen molar-refractivity contribution in [1.82, 2.24) is 0 Å². The van der Waals surface area contributed by atoms with Crippen molar-refractivity contribution < 1.29 is 0 Å². The Bertz CT molecular complexity index is 151. The van der Waals surface area contributed by atoms with Crippen molar-refractivity contribution in [2.45, 2.75) is 90.6 Å². The van der Waals surface area contributed by atoms with Crippen LogP contribution in [0.4, 0.5) is 0 Å². The van der Waals surface area contributed by atoms with E-state index < -0.39 is 0 Å². The zero-order chi connectivity index (χ0) is 12.4. The molecule has 0 spiro atoms. The standard InChI is InChI=1S/C15H33P.ClH/c1-5-8-11-14(4)15(16,12-9-6-2)13-10-7-3;/h14H,5-13,16H2,1-4H3;1H. The molecule has 0 nitrogen and oxygen atoms in total. The smallest absolute Gasteiger partial charge is 0.0125 e. The Morgan fingerprint density at radius 3 is 1.65 bits per heavy atom. The molecule has 0 N–H and O–H groups in total. The molecule has 0 radical (unpaired) electrons. The van der Waals surface area contributed by atoms with E-state index in [1.54, 1.807) is 0 Å². The topological polar surface area (TPSA) is 0 Å². The molecule has 0 aromatic rings. The van der Waals surface area contributed by atoms with E-state index in [4.69, 9.17) is 0 Å². The Labute approximate surface area is 118 Å². The fourth-order valence-electron chi connectivity index (χ4n) is 2.43. The van der Waals surface area contributed by atoms with Crippen molar-refractivity contribution in [2.24, 2.45) is 5.92 Å². The maximum Gasteiger partial charge on any atom is -0.0125 e. The Kier molecular flexibility index (Phi) is 13.9. The highest BCUT2D eigenvalue weighted by Crippen LogP contribution is 2.40. The molecule has 0 heterocycles. The first kappa shape index (κ1) is 20.0. The predicted molar refractivity (Wildman–Crippen MR) is 87.4 cm³/mol. The average molecular weight is 281 g/mol. The molecular formula is C15H34ClP. The van der Waals surface area contributed by atoms with Crippen LogP contribution < -0.4 is 0 Å². The molecule has 2 unspecified atom stereocenters. The molecule has 0 aliphatic rings. The molecule has 0 aliphatic heterocycles. The van der Waals surface area contributed by atoms with Crippen LogP contribution in [0.3, 0.4) is 0 Å². The molecule has 0 amide bonds. The van der Waals surface area contributed by atoms with Crippen LogP contribution in [0.2, 0.25) is 0 Å². The van der Waals surface area contributed by atoms with Crippen LogP contribution in [0.5, 0.6) is 0 Å². The third-order valence-electron chi connectivity index (χ3n) is 3.96. The van der Waals surface area contributed by atoms with E-state index in [2.05, 4.69) is 36.9 Å². The van der Waals surface area contributed by atoms with Gasteiger partial charge in [-0.1, -0.05) is 66.2 Å². The van der Waals surface area contributed by atoms with Crippen molar-refractivity contribution >= 4 is 21.6 Å². The van der Waals surface area contributed by atoms with Crippen LogP contribution in [-0.2, 0) is 0 Å². The molecule has 2 atom stereocenters. The summed E-state index contributed by atoms with van der Waals surface area (Å²) in [6, 6.07) is 0. The van der Waals surface area contributed by atoms with Gasteiger partial charge in [-0.25, -0.2) is 0 Å². The summed E-state index contributed by atoms with van der Waals surface area (Å²) >= 11 is 0. The quantitative estimate of drug-likeness (QED) is 0.416. The van der Waals surface area contributed by atoms with Gasteiger partial charge in [0.05, 0.1) is 0 Å². The Morgan fingerprint density at radius 2 is 1.29 bits per heavy atom. The van der Waals surface area contributed by atoms with Crippen LogP contribution in [-0.4, -0.2) is 5.16 Å². The van der Waals surface area contributed by atoms with Crippen molar-refractivity contribution in [3.63, 3.8) is 0 Å². The van der Waals surface area contributed by atoms with Crippen molar-refractivity contribution in [2.75, 3.05) is 0 Å². The largest absolute Gasteiger partial charge is 0.147 e. The Hall–Kier alpha value is 0.720. The Morgan fingerprint density at radius 1 is 0.882 bits per heavy atom. The second kappa shape index (κ2) is 11.8. The van der Waals surface area contributed by atoms with Gasteiger partial charge in [-0.2, -0.15) is 0 Å². The van der Waals surface area contributed by atoms with E-state index in [0.29, 0.717) is 5.16 Å². The summed E-state index contributed by atoms with van der Waals surface area (Å²) in [5.74, 6) is 0.871. The number of rotatable bonds is 10. The van der Waals surface area contributed by atoms with Crippen molar-refractivity contribution in [1.29, 1.82) is 0 Å². The fourth-order valence-corrected chi connectivity index (χ4v) is 3.00. The van der Waals surface area contributed by atoms with Gasteiger partial charge in [-0.3, -0.25) is 0 Å². The second-order valence-corrected chi connectivity index (χ2v) is 6.63. The van der Waals surface area contributed by atoms with Gasteiger partial charge in [0, 0.05) is 0 Å². The van der Waals surface area contributed by atoms with Crippen LogP contribution in [0.15, 0.2) is 0 Å². The SMILES string of the molecule is CCCCC(C)C(P)(CCCC)CCCC.Cl. The summed E-state index contributed by atoms with van der Waals surface area (Å²) in [7, 11) is 3.23. The molecular weight excluding hydrogens is 247 g/mol. The Balaban J connectivity index is 0. The van der Waals surface area contributed by atoms with Gasteiger partial charge in [-0.15, -0.1) is 21.6 Å². The van der Waals surface area contributed by atoms with Gasteiger partial charge < -0.3 is 0 Å². The van der Waals surface area contributed by atoms with E-state index >= 15 is 0 Å². The minimum absolute atomic E-state index is 0. The molecule has 106 valence electrons. The lowest BCUT2D eigenvalue weighted by atomic mass is 9.81. The highest BCUT2D eigenvalue weighted by Gasteiger charge is 2.29. The molecule has 0 bridgehead atoms. The first-order valence-corrected chi connectivity index (χ1v) is 7.97. The lowest BCUT2D eigenvalue weighted by molar-refractivity contribution is 0.319. The summed E-state index contributed by atoms with van der Waals surface area (Å²) in [6.45, 7) is 9.38. The van der Waals surface area contributed by atoms with Gasteiger partial charge in [0.15, 0.2) is 0 Å². The van der Waals surface area contributed by atoms with E-state index in [1.165, 1.54) is 57.8 Å². The predicted octanol–water partition coefficient (Wildman–Crippen LogP) is 6.23. The highest BCUT2D eigenvalue weighted by atomic mass is 35.5. The normalized spacial score (nSPS) is 13.2. The first-order valence-electron chi connectivity index (χ1n) is 7.39. The van der Waals surface area contributed by atoms with E-state index in [0.717, 1.165) is 5.92 Å². The third-order valence-corrected chi connectivity index (χ3v) is 5.11. The molecule has 17 heavy (non-hydrogen) atoms. The van der Waals surface area contributed by atoms with Crippen LogP contribution in [0.1, 0.15) is 85.5 Å². The zero-order valence-corrected chi connectivity index (χ0v) is 14.4. The molecule has 0 aromatic heterocycles. The maximum absolute atomic E-state index is 3.23. The van der Waals surface area contributed by atoms with Gasteiger partial charge in [0.2, 0.25) is 0 Å².